The van der Waals surface area contributed by atoms with Gasteiger partial charge in [0.2, 0.25) is 5.91 Å². The van der Waals surface area contributed by atoms with Crippen molar-refractivity contribution in [2.75, 3.05) is 19.6 Å². The zero-order valence-corrected chi connectivity index (χ0v) is 18.4. The number of carbonyl (C=O) groups excluding carboxylic acids is 1. The molecule has 1 saturated heterocycles. The third-order valence-electron chi connectivity index (χ3n) is 6.34. The number of hydrogen-bond donors (Lipinski definition) is 3. The monoisotopic (exact) mass is 427 g/mol. The van der Waals surface area contributed by atoms with Crippen molar-refractivity contribution in [1.82, 2.24) is 25.2 Å². The molecule has 4 aromatic rings. The topological polar surface area (TPSA) is 76.8 Å². The Labute approximate surface area is 188 Å². The molecular weight excluding hydrogens is 398 g/mol. The van der Waals surface area contributed by atoms with Gasteiger partial charge in [-0.05, 0) is 56.0 Å². The number of aromatic nitrogens is 3. The minimum absolute atomic E-state index is 0.0715. The number of fused-ring (bicyclic) bond motifs is 1. The first-order chi connectivity index (χ1) is 15.7. The summed E-state index contributed by atoms with van der Waals surface area (Å²) in [6.45, 7) is 4.05. The Kier molecular flexibility index (Phi) is 5.77. The molecule has 5 rings (SSSR count). The Morgan fingerprint density at radius 3 is 3.03 bits per heavy atom. The lowest BCUT2D eigenvalue weighted by Gasteiger charge is -2.22. The van der Waals surface area contributed by atoms with Crippen molar-refractivity contribution in [3.05, 3.63) is 77.9 Å². The van der Waals surface area contributed by atoms with Gasteiger partial charge in [0, 0.05) is 23.6 Å². The SMILES string of the molecule is Cc1cccc(-c2cnc([C@@H]3CCCN3CC(=O)NCCc3c[nH]c4ccccc34)[nH]2)c1. The van der Waals surface area contributed by atoms with Gasteiger partial charge in [0.15, 0.2) is 0 Å². The van der Waals surface area contributed by atoms with Crippen LogP contribution in [0.25, 0.3) is 22.2 Å². The van der Waals surface area contributed by atoms with Crippen molar-refractivity contribution >= 4 is 16.8 Å². The number of carbonyl (C=O) groups is 1. The van der Waals surface area contributed by atoms with E-state index in [-0.39, 0.29) is 11.9 Å². The van der Waals surface area contributed by atoms with Crippen LogP contribution in [0.4, 0.5) is 0 Å². The minimum Gasteiger partial charge on any atom is -0.361 e. The maximum atomic E-state index is 12.6. The van der Waals surface area contributed by atoms with E-state index in [1.54, 1.807) is 0 Å². The van der Waals surface area contributed by atoms with Gasteiger partial charge in [-0.2, -0.15) is 0 Å². The van der Waals surface area contributed by atoms with Crippen LogP contribution in [0.5, 0.6) is 0 Å². The van der Waals surface area contributed by atoms with Crippen LogP contribution >= 0.6 is 0 Å². The third-order valence-corrected chi connectivity index (χ3v) is 6.34. The molecule has 2 aromatic carbocycles. The van der Waals surface area contributed by atoms with Gasteiger partial charge in [-0.25, -0.2) is 4.98 Å². The van der Waals surface area contributed by atoms with Crippen LogP contribution in [-0.4, -0.2) is 45.4 Å². The van der Waals surface area contributed by atoms with Crippen LogP contribution in [0.2, 0.25) is 0 Å². The molecule has 0 unspecified atom stereocenters. The molecule has 1 amide bonds. The van der Waals surface area contributed by atoms with Crippen LogP contribution < -0.4 is 5.32 Å². The molecule has 2 aromatic heterocycles. The van der Waals surface area contributed by atoms with Crippen LogP contribution in [0, 0.1) is 6.92 Å². The van der Waals surface area contributed by atoms with E-state index in [4.69, 9.17) is 0 Å². The first-order valence-electron chi connectivity index (χ1n) is 11.3. The predicted octanol–water partition coefficient (Wildman–Crippen LogP) is 4.36. The fourth-order valence-electron chi connectivity index (χ4n) is 4.71. The molecule has 1 fully saturated rings. The normalized spacial score (nSPS) is 16.6. The van der Waals surface area contributed by atoms with E-state index < -0.39 is 0 Å². The summed E-state index contributed by atoms with van der Waals surface area (Å²) in [5, 5.41) is 4.32. The Balaban J connectivity index is 1.17. The molecule has 1 aliphatic rings. The fraction of sp³-hybridized carbons (Fsp3) is 0.308. The summed E-state index contributed by atoms with van der Waals surface area (Å²) in [6, 6.07) is 16.8. The number of imidazole rings is 1. The second-order valence-corrected chi connectivity index (χ2v) is 8.64. The van der Waals surface area contributed by atoms with Crippen LogP contribution in [0.1, 0.15) is 35.8 Å². The van der Waals surface area contributed by atoms with Crippen LogP contribution in [0.15, 0.2) is 60.9 Å². The van der Waals surface area contributed by atoms with Crippen molar-refractivity contribution in [3.63, 3.8) is 0 Å². The van der Waals surface area contributed by atoms with E-state index in [1.807, 2.05) is 24.5 Å². The van der Waals surface area contributed by atoms with Gasteiger partial charge in [0.25, 0.3) is 0 Å². The molecular formula is C26H29N5O. The smallest absolute Gasteiger partial charge is 0.234 e. The van der Waals surface area contributed by atoms with Gasteiger partial charge in [0.05, 0.1) is 24.5 Å². The number of hydrogen-bond acceptors (Lipinski definition) is 3. The zero-order chi connectivity index (χ0) is 21.9. The van der Waals surface area contributed by atoms with Gasteiger partial charge in [0.1, 0.15) is 5.82 Å². The summed E-state index contributed by atoms with van der Waals surface area (Å²) in [6.07, 6.45) is 6.85. The largest absolute Gasteiger partial charge is 0.361 e. The number of para-hydroxylation sites is 1. The van der Waals surface area contributed by atoms with E-state index in [9.17, 15) is 4.79 Å². The molecule has 3 heterocycles. The summed E-state index contributed by atoms with van der Waals surface area (Å²) in [4.78, 5) is 26.3. The van der Waals surface area contributed by atoms with Crippen LogP contribution in [0.3, 0.4) is 0 Å². The number of H-pyrrole nitrogens is 2. The van der Waals surface area contributed by atoms with E-state index in [0.29, 0.717) is 13.1 Å². The molecule has 0 saturated carbocycles. The average Bonchev–Trinajstić information content (AvgIpc) is 3.53. The van der Waals surface area contributed by atoms with Crippen molar-refractivity contribution in [3.8, 4) is 11.3 Å². The number of aromatic amines is 2. The highest BCUT2D eigenvalue weighted by Gasteiger charge is 2.29. The molecule has 6 heteroatoms. The Morgan fingerprint density at radius 1 is 1.22 bits per heavy atom. The zero-order valence-electron chi connectivity index (χ0n) is 18.4. The van der Waals surface area contributed by atoms with Crippen molar-refractivity contribution in [1.29, 1.82) is 0 Å². The summed E-state index contributed by atoms with van der Waals surface area (Å²) in [5.41, 5.74) is 5.77. The maximum Gasteiger partial charge on any atom is 0.234 e. The van der Waals surface area contributed by atoms with E-state index in [1.165, 1.54) is 16.5 Å². The average molecular weight is 428 g/mol. The van der Waals surface area contributed by atoms with E-state index in [2.05, 4.69) is 68.5 Å². The number of amides is 1. The molecule has 32 heavy (non-hydrogen) atoms. The highest BCUT2D eigenvalue weighted by Crippen LogP contribution is 2.31. The van der Waals surface area contributed by atoms with Crippen molar-refractivity contribution < 1.29 is 4.79 Å². The summed E-state index contributed by atoms with van der Waals surface area (Å²) < 4.78 is 0. The standard InChI is InChI=1S/C26H29N5O/c1-18-6-4-7-19(14-18)23-16-29-26(30-23)24-10-5-13-31(24)17-25(32)27-12-11-20-15-28-22-9-3-2-8-21(20)22/h2-4,6-9,14-16,24,28H,5,10-13,17H2,1H3,(H,27,32)(H,29,30)/t24-/m0/s1. The highest BCUT2D eigenvalue weighted by atomic mass is 16.2. The molecule has 3 N–H and O–H groups in total. The number of nitrogens with one attached hydrogen (secondary N) is 3. The fourth-order valence-corrected chi connectivity index (χ4v) is 4.71. The number of nitrogens with zero attached hydrogens (tertiary/aromatic N) is 2. The van der Waals surface area contributed by atoms with Gasteiger partial charge >= 0.3 is 0 Å². The minimum atomic E-state index is 0.0715. The first-order valence-corrected chi connectivity index (χ1v) is 11.3. The van der Waals surface area contributed by atoms with Gasteiger partial charge in [-0.15, -0.1) is 0 Å². The summed E-state index contributed by atoms with van der Waals surface area (Å²) in [7, 11) is 0. The van der Waals surface area contributed by atoms with Crippen molar-refractivity contribution in [2.45, 2.75) is 32.2 Å². The quantitative estimate of drug-likeness (QED) is 0.410. The molecule has 0 radical (unpaired) electrons. The van der Waals surface area contributed by atoms with Crippen LogP contribution in [-0.2, 0) is 11.2 Å². The molecule has 6 nitrogen and oxygen atoms in total. The second-order valence-electron chi connectivity index (χ2n) is 8.64. The van der Waals surface area contributed by atoms with Gasteiger partial charge in [-0.3, -0.25) is 9.69 Å². The first kappa shape index (κ1) is 20.5. The molecule has 0 aliphatic carbocycles. The third kappa shape index (κ3) is 4.32. The number of benzene rings is 2. The van der Waals surface area contributed by atoms with E-state index >= 15 is 0 Å². The lowest BCUT2D eigenvalue weighted by molar-refractivity contribution is -0.122. The maximum absolute atomic E-state index is 12.6. The lowest BCUT2D eigenvalue weighted by Crippen LogP contribution is -2.38. The Hall–Kier alpha value is -3.38. The number of rotatable bonds is 7. The highest BCUT2D eigenvalue weighted by molar-refractivity contribution is 5.83. The summed E-state index contributed by atoms with van der Waals surface area (Å²) in [5.74, 6) is 1.02. The summed E-state index contributed by atoms with van der Waals surface area (Å²) >= 11 is 0. The number of likely N-dealkylation sites (tertiary alicyclic amines) is 1. The van der Waals surface area contributed by atoms with Gasteiger partial charge in [-0.1, -0.05) is 42.0 Å². The Morgan fingerprint density at radius 2 is 2.12 bits per heavy atom. The van der Waals surface area contributed by atoms with Gasteiger partial charge < -0.3 is 15.3 Å². The Bertz CT molecular complexity index is 1220. The molecule has 164 valence electrons. The molecule has 0 spiro atoms. The molecule has 0 bridgehead atoms. The van der Waals surface area contributed by atoms with Crippen molar-refractivity contribution in [2.24, 2.45) is 0 Å². The lowest BCUT2D eigenvalue weighted by atomic mass is 10.1. The number of aryl methyl sites for hydroxylation is 1. The molecule has 1 aliphatic heterocycles. The second kappa shape index (κ2) is 9.01. The predicted molar refractivity (Wildman–Crippen MR) is 127 cm³/mol. The molecule has 1 atom stereocenters. The van der Waals surface area contributed by atoms with E-state index in [0.717, 1.165) is 48.4 Å².